The SMILES string of the molecule is CCOCCO[Si](OCCOCC)(C(C)CC)C(C)CC. The Morgan fingerprint density at radius 3 is 1.33 bits per heavy atom. The molecule has 21 heavy (non-hydrogen) atoms. The lowest BCUT2D eigenvalue weighted by molar-refractivity contribution is 0.0576. The Labute approximate surface area is 132 Å². The van der Waals surface area contributed by atoms with Crippen molar-refractivity contribution in [2.24, 2.45) is 0 Å². The van der Waals surface area contributed by atoms with E-state index in [4.69, 9.17) is 18.3 Å². The maximum atomic E-state index is 6.35. The Morgan fingerprint density at radius 2 is 1.05 bits per heavy atom. The lowest BCUT2D eigenvalue weighted by Crippen LogP contribution is -2.50. The molecule has 4 nitrogen and oxygen atoms in total. The number of hydrogen-bond acceptors (Lipinski definition) is 4. The second-order valence-electron chi connectivity index (χ2n) is 5.43. The van der Waals surface area contributed by atoms with Gasteiger partial charge in [0.25, 0.3) is 0 Å². The second-order valence-corrected chi connectivity index (χ2v) is 9.42. The maximum absolute atomic E-state index is 6.35. The minimum absolute atomic E-state index is 0.468. The number of ether oxygens (including phenoxy) is 2. The minimum atomic E-state index is -2.26. The van der Waals surface area contributed by atoms with E-state index in [9.17, 15) is 0 Å². The van der Waals surface area contributed by atoms with Crippen molar-refractivity contribution >= 4 is 8.56 Å². The predicted octanol–water partition coefficient (Wildman–Crippen LogP) is 4.14. The van der Waals surface area contributed by atoms with Crippen LogP contribution in [0.1, 0.15) is 54.4 Å². The minimum Gasteiger partial charge on any atom is -0.391 e. The number of rotatable bonds is 14. The second kappa shape index (κ2) is 12.6. The van der Waals surface area contributed by atoms with Crippen molar-refractivity contribution < 1.29 is 18.3 Å². The van der Waals surface area contributed by atoms with Crippen molar-refractivity contribution in [3.8, 4) is 0 Å². The molecule has 0 spiro atoms. The molecule has 0 radical (unpaired) electrons. The fourth-order valence-corrected chi connectivity index (χ4v) is 6.61. The van der Waals surface area contributed by atoms with Crippen LogP contribution in [0.15, 0.2) is 0 Å². The Morgan fingerprint density at radius 1 is 0.667 bits per heavy atom. The quantitative estimate of drug-likeness (QED) is 0.356. The highest BCUT2D eigenvalue weighted by molar-refractivity contribution is 6.70. The molecule has 0 N–H and O–H groups in total. The van der Waals surface area contributed by atoms with Crippen LogP contribution in [0.25, 0.3) is 0 Å². The topological polar surface area (TPSA) is 36.9 Å². The molecule has 128 valence electrons. The first-order chi connectivity index (χ1) is 10.1. The molecular formula is C16H36O4Si. The average molecular weight is 321 g/mol. The molecule has 0 aromatic carbocycles. The lowest BCUT2D eigenvalue weighted by atomic mass is 10.4. The summed E-state index contributed by atoms with van der Waals surface area (Å²) in [5, 5.41) is 0. The molecule has 0 heterocycles. The smallest absolute Gasteiger partial charge is 0.344 e. The number of hydrogen-bond donors (Lipinski definition) is 0. The summed E-state index contributed by atoms with van der Waals surface area (Å²) in [6, 6.07) is 0. The van der Waals surface area contributed by atoms with Crippen LogP contribution in [0.3, 0.4) is 0 Å². The highest BCUT2D eigenvalue weighted by atomic mass is 28.4. The van der Waals surface area contributed by atoms with Crippen LogP contribution in [0.4, 0.5) is 0 Å². The zero-order valence-corrected chi connectivity index (χ0v) is 15.9. The van der Waals surface area contributed by atoms with Gasteiger partial charge >= 0.3 is 8.56 Å². The summed E-state index contributed by atoms with van der Waals surface area (Å²) in [4.78, 5) is 0. The van der Waals surface area contributed by atoms with E-state index >= 15 is 0 Å². The van der Waals surface area contributed by atoms with Crippen molar-refractivity contribution in [1.29, 1.82) is 0 Å². The van der Waals surface area contributed by atoms with Gasteiger partial charge in [-0.15, -0.1) is 0 Å². The summed E-state index contributed by atoms with van der Waals surface area (Å²) in [7, 11) is -2.26. The summed E-state index contributed by atoms with van der Waals surface area (Å²) >= 11 is 0. The lowest BCUT2D eigenvalue weighted by Gasteiger charge is -2.39. The summed E-state index contributed by atoms with van der Waals surface area (Å²) in [5.74, 6) is 0. The third kappa shape index (κ3) is 7.24. The van der Waals surface area contributed by atoms with Crippen molar-refractivity contribution in [2.45, 2.75) is 65.5 Å². The van der Waals surface area contributed by atoms with Gasteiger partial charge < -0.3 is 18.3 Å². The molecule has 0 aromatic heterocycles. The summed E-state index contributed by atoms with van der Waals surface area (Å²) in [5.41, 5.74) is 0.936. The molecule has 0 fully saturated rings. The monoisotopic (exact) mass is 320 g/mol. The van der Waals surface area contributed by atoms with Crippen LogP contribution < -0.4 is 0 Å². The van der Waals surface area contributed by atoms with Crippen molar-refractivity contribution in [3.05, 3.63) is 0 Å². The molecule has 0 aliphatic rings. The van der Waals surface area contributed by atoms with E-state index in [2.05, 4.69) is 27.7 Å². The summed E-state index contributed by atoms with van der Waals surface area (Å²) in [6.45, 7) is 17.0. The molecule has 0 aliphatic heterocycles. The first kappa shape index (κ1) is 21.1. The van der Waals surface area contributed by atoms with E-state index in [1.807, 2.05) is 13.8 Å². The standard InChI is InChI=1S/C16H36O4Si/c1-7-15(5)21(16(6)8-2,19-13-11-17-9-3)20-14-12-18-10-4/h15-16H,7-14H2,1-6H3. The van der Waals surface area contributed by atoms with Gasteiger partial charge in [-0.3, -0.25) is 0 Å². The Balaban J connectivity index is 4.77. The van der Waals surface area contributed by atoms with Crippen molar-refractivity contribution in [2.75, 3.05) is 39.6 Å². The molecule has 0 saturated carbocycles. The van der Waals surface area contributed by atoms with Gasteiger partial charge in [0.15, 0.2) is 0 Å². The van der Waals surface area contributed by atoms with E-state index in [0.29, 0.717) is 37.5 Å². The van der Waals surface area contributed by atoms with Gasteiger partial charge in [-0.05, 0) is 24.9 Å². The van der Waals surface area contributed by atoms with Gasteiger partial charge in [0.2, 0.25) is 0 Å². The third-order valence-electron chi connectivity index (χ3n) is 4.12. The van der Waals surface area contributed by atoms with Crippen LogP contribution in [0, 0.1) is 0 Å². The van der Waals surface area contributed by atoms with Gasteiger partial charge in [0, 0.05) is 13.2 Å². The van der Waals surface area contributed by atoms with Gasteiger partial charge in [0.05, 0.1) is 26.4 Å². The fourth-order valence-electron chi connectivity index (χ4n) is 2.47. The normalized spacial score (nSPS) is 15.1. The molecule has 5 heteroatoms. The molecule has 0 aliphatic carbocycles. The predicted molar refractivity (Wildman–Crippen MR) is 90.1 cm³/mol. The van der Waals surface area contributed by atoms with Gasteiger partial charge in [-0.25, -0.2) is 0 Å². The van der Waals surface area contributed by atoms with Crippen LogP contribution in [0.2, 0.25) is 11.1 Å². The molecule has 2 atom stereocenters. The van der Waals surface area contributed by atoms with Crippen LogP contribution >= 0.6 is 0 Å². The highest BCUT2D eigenvalue weighted by Gasteiger charge is 2.47. The van der Waals surface area contributed by atoms with Crippen LogP contribution in [-0.4, -0.2) is 48.2 Å². The molecule has 0 aromatic rings. The molecule has 0 rings (SSSR count). The summed E-state index contributed by atoms with van der Waals surface area (Å²) in [6.07, 6.45) is 2.17. The van der Waals surface area contributed by atoms with E-state index in [0.717, 1.165) is 26.1 Å². The zero-order valence-electron chi connectivity index (χ0n) is 14.9. The Hall–Kier alpha value is 0.0569. The van der Waals surface area contributed by atoms with Gasteiger partial charge in [-0.1, -0.05) is 40.5 Å². The van der Waals surface area contributed by atoms with E-state index < -0.39 is 8.56 Å². The first-order valence-electron chi connectivity index (χ1n) is 8.52. The Kier molecular flexibility index (Phi) is 12.6. The first-order valence-corrected chi connectivity index (χ1v) is 10.5. The largest absolute Gasteiger partial charge is 0.391 e. The van der Waals surface area contributed by atoms with Crippen LogP contribution in [-0.2, 0) is 18.3 Å². The molecule has 0 saturated heterocycles. The van der Waals surface area contributed by atoms with E-state index in [1.54, 1.807) is 0 Å². The van der Waals surface area contributed by atoms with Crippen LogP contribution in [0.5, 0.6) is 0 Å². The van der Waals surface area contributed by atoms with E-state index in [-0.39, 0.29) is 0 Å². The molecule has 2 unspecified atom stereocenters. The molecular weight excluding hydrogens is 284 g/mol. The molecule has 0 bridgehead atoms. The Bertz CT molecular complexity index is 214. The third-order valence-corrected chi connectivity index (χ3v) is 8.99. The van der Waals surface area contributed by atoms with Crippen molar-refractivity contribution in [3.63, 3.8) is 0 Å². The highest BCUT2D eigenvalue weighted by Crippen LogP contribution is 2.38. The zero-order chi connectivity index (χ0) is 16.1. The van der Waals surface area contributed by atoms with Crippen molar-refractivity contribution in [1.82, 2.24) is 0 Å². The molecule has 0 amide bonds. The maximum Gasteiger partial charge on any atom is 0.344 e. The van der Waals surface area contributed by atoms with Gasteiger partial charge in [0.1, 0.15) is 0 Å². The average Bonchev–Trinajstić information content (AvgIpc) is 2.52. The fraction of sp³-hybridized carbons (Fsp3) is 1.00. The van der Waals surface area contributed by atoms with Gasteiger partial charge in [-0.2, -0.15) is 0 Å². The van der Waals surface area contributed by atoms with E-state index in [1.165, 1.54) is 0 Å². The summed E-state index contributed by atoms with van der Waals surface area (Å²) < 4.78 is 23.5.